The van der Waals surface area contributed by atoms with Gasteiger partial charge in [0.25, 0.3) is 0 Å². The number of halogens is 1. The maximum atomic E-state index is 13.6. The van der Waals surface area contributed by atoms with Crippen molar-refractivity contribution in [2.24, 2.45) is 0 Å². The van der Waals surface area contributed by atoms with E-state index >= 15 is 0 Å². The summed E-state index contributed by atoms with van der Waals surface area (Å²) in [6.45, 7) is 3.30. The summed E-state index contributed by atoms with van der Waals surface area (Å²) in [5, 5.41) is 9.04. The van der Waals surface area contributed by atoms with Crippen LogP contribution in [0.15, 0.2) is 22.7 Å². The van der Waals surface area contributed by atoms with Crippen LogP contribution in [-0.4, -0.2) is 16.0 Å². The van der Waals surface area contributed by atoms with Crippen LogP contribution in [0.25, 0.3) is 0 Å². The molecule has 1 aromatic heterocycles. The topological polar surface area (TPSA) is 80.0 Å². The van der Waals surface area contributed by atoms with Gasteiger partial charge in [0.15, 0.2) is 5.82 Å². The molecule has 6 nitrogen and oxygen atoms in total. The molecular weight excluding hydrogens is 251 g/mol. The molecular formula is C12H13FN4O2. The smallest absolute Gasteiger partial charge is 0.245 e. The van der Waals surface area contributed by atoms with E-state index in [1.54, 1.807) is 6.92 Å². The number of amides is 1. The van der Waals surface area contributed by atoms with Crippen molar-refractivity contribution in [3.8, 4) is 0 Å². The molecule has 2 N–H and O–H groups in total. The molecule has 0 saturated carbocycles. The third-order valence-electron chi connectivity index (χ3n) is 2.29. The normalized spacial score (nSPS) is 10.3. The van der Waals surface area contributed by atoms with Gasteiger partial charge in [-0.2, -0.15) is 4.98 Å². The number of aromatic nitrogens is 2. The Bertz CT molecular complexity index is 597. The van der Waals surface area contributed by atoms with E-state index in [0.717, 1.165) is 0 Å². The number of carbonyl (C=O) groups is 1. The minimum absolute atomic E-state index is 0.210. The summed E-state index contributed by atoms with van der Waals surface area (Å²) in [4.78, 5) is 14.9. The molecule has 0 spiro atoms. The van der Waals surface area contributed by atoms with Gasteiger partial charge in [0.1, 0.15) is 5.82 Å². The van der Waals surface area contributed by atoms with Gasteiger partial charge in [-0.25, -0.2) is 4.39 Å². The van der Waals surface area contributed by atoms with Gasteiger partial charge < -0.3 is 15.2 Å². The predicted molar refractivity (Wildman–Crippen MR) is 67.1 cm³/mol. The highest BCUT2D eigenvalue weighted by Gasteiger charge is 2.07. The second-order valence-electron chi connectivity index (χ2n) is 3.96. The molecule has 1 amide bonds. The molecule has 0 aliphatic heterocycles. The van der Waals surface area contributed by atoms with Gasteiger partial charge in [0, 0.05) is 12.6 Å². The van der Waals surface area contributed by atoms with Crippen molar-refractivity contribution in [2.75, 3.05) is 10.6 Å². The van der Waals surface area contributed by atoms with Gasteiger partial charge in [-0.05, 0) is 25.1 Å². The largest absolute Gasteiger partial charge is 0.374 e. The number of rotatable bonds is 4. The van der Waals surface area contributed by atoms with Gasteiger partial charge in [-0.15, -0.1) is 0 Å². The second kappa shape index (κ2) is 5.47. The highest BCUT2D eigenvalue weighted by molar-refractivity contribution is 5.89. The maximum absolute atomic E-state index is 13.6. The van der Waals surface area contributed by atoms with Gasteiger partial charge in [-0.1, -0.05) is 5.16 Å². The molecule has 1 aromatic carbocycles. The number of benzene rings is 1. The standard InChI is InChI=1S/C12H13FN4O2/c1-7-15-12(19-17-7)6-14-11-5-9(16-8(2)18)3-4-10(11)13/h3-5,14H,6H2,1-2H3,(H,16,18). The second-order valence-corrected chi connectivity index (χ2v) is 3.96. The molecule has 0 bridgehead atoms. The molecule has 2 aromatic rings. The minimum atomic E-state index is -0.426. The summed E-state index contributed by atoms with van der Waals surface area (Å²) < 4.78 is 18.5. The SMILES string of the molecule is CC(=O)Nc1ccc(F)c(NCc2nc(C)no2)c1. The van der Waals surface area contributed by atoms with Gasteiger partial charge >= 0.3 is 0 Å². The number of carbonyl (C=O) groups excluding carboxylic acids is 1. The minimum Gasteiger partial charge on any atom is -0.374 e. The van der Waals surface area contributed by atoms with E-state index in [4.69, 9.17) is 4.52 Å². The first kappa shape index (κ1) is 13.0. The predicted octanol–water partition coefficient (Wildman–Crippen LogP) is 2.09. The summed E-state index contributed by atoms with van der Waals surface area (Å²) in [7, 11) is 0. The van der Waals surface area contributed by atoms with Gasteiger partial charge in [0.05, 0.1) is 12.2 Å². The number of anilines is 2. The Labute approximate surface area is 109 Å². The van der Waals surface area contributed by atoms with Crippen LogP contribution in [0.5, 0.6) is 0 Å². The zero-order valence-electron chi connectivity index (χ0n) is 10.5. The van der Waals surface area contributed by atoms with Crippen LogP contribution in [0.1, 0.15) is 18.6 Å². The van der Waals surface area contributed by atoms with Gasteiger partial charge in [0.2, 0.25) is 11.8 Å². The van der Waals surface area contributed by atoms with E-state index in [9.17, 15) is 9.18 Å². The Morgan fingerprint density at radius 2 is 2.26 bits per heavy atom. The Morgan fingerprint density at radius 3 is 2.89 bits per heavy atom. The van der Waals surface area contributed by atoms with E-state index in [0.29, 0.717) is 17.4 Å². The summed E-state index contributed by atoms with van der Waals surface area (Å²) in [5.74, 6) is 0.238. The first-order chi connectivity index (χ1) is 9.04. The molecule has 19 heavy (non-hydrogen) atoms. The van der Waals surface area contributed by atoms with E-state index in [2.05, 4.69) is 20.8 Å². The zero-order valence-corrected chi connectivity index (χ0v) is 10.5. The molecule has 0 radical (unpaired) electrons. The van der Waals surface area contributed by atoms with Crippen LogP contribution in [0, 0.1) is 12.7 Å². The van der Waals surface area contributed by atoms with Crippen molar-refractivity contribution in [2.45, 2.75) is 20.4 Å². The first-order valence-corrected chi connectivity index (χ1v) is 5.65. The molecule has 7 heteroatoms. The average Bonchev–Trinajstić information content (AvgIpc) is 2.75. The van der Waals surface area contributed by atoms with Crippen molar-refractivity contribution in [1.82, 2.24) is 10.1 Å². The highest BCUT2D eigenvalue weighted by Crippen LogP contribution is 2.20. The summed E-state index contributed by atoms with van der Waals surface area (Å²) in [5.41, 5.74) is 0.764. The van der Waals surface area contributed by atoms with Crippen LogP contribution in [0.4, 0.5) is 15.8 Å². The van der Waals surface area contributed by atoms with E-state index in [1.165, 1.54) is 25.1 Å². The quantitative estimate of drug-likeness (QED) is 0.883. The van der Waals surface area contributed by atoms with Crippen molar-refractivity contribution in [3.05, 3.63) is 35.7 Å². The van der Waals surface area contributed by atoms with Crippen molar-refractivity contribution in [1.29, 1.82) is 0 Å². The first-order valence-electron chi connectivity index (χ1n) is 5.65. The van der Waals surface area contributed by atoms with Crippen LogP contribution in [-0.2, 0) is 11.3 Å². The molecule has 0 aliphatic rings. The maximum Gasteiger partial charge on any atom is 0.245 e. The Hall–Kier alpha value is -2.44. The molecule has 1 heterocycles. The van der Waals surface area contributed by atoms with Crippen molar-refractivity contribution in [3.63, 3.8) is 0 Å². The summed E-state index contributed by atoms with van der Waals surface area (Å²) >= 11 is 0. The Balaban J connectivity index is 2.08. The van der Waals surface area contributed by atoms with Crippen LogP contribution in [0.2, 0.25) is 0 Å². The van der Waals surface area contributed by atoms with Crippen LogP contribution in [0.3, 0.4) is 0 Å². The van der Waals surface area contributed by atoms with E-state index < -0.39 is 5.82 Å². The zero-order chi connectivity index (χ0) is 13.8. The number of nitrogens with one attached hydrogen (secondary N) is 2. The molecule has 2 rings (SSSR count). The van der Waals surface area contributed by atoms with Crippen LogP contribution < -0.4 is 10.6 Å². The molecule has 0 aliphatic carbocycles. The highest BCUT2D eigenvalue weighted by atomic mass is 19.1. The van der Waals surface area contributed by atoms with E-state index in [-0.39, 0.29) is 18.1 Å². The fourth-order valence-electron chi connectivity index (χ4n) is 1.52. The van der Waals surface area contributed by atoms with Crippen molar-refractivity contribution < 1.29 is 13.7 Å². The lowest BCUT2D eigenvalue weighted by molar-refractivity contribution is -0.114. The lowest BCUT2D eigenvalue weighted by Gasteiger charge is -2.08. The molecule has 0 unspecified atom stereocenters. The monoisotopic (exact) mass is 264 g/mol. The van der Waals surface area contributed by atoms with Crippen molar-refractivity contribution >= 4 is 17.3 Å². The third-order valence-corrected chi connectivity index (χ3v) is 2.29. The van der Waals surface area contributed by atoms with E-state index in [1.807, 2.05) is 0 Å². The number of nitrogens with zero attached hydrogens (tertiary/aromatic N) is 2. The average molecular weight is 264 g/mol. The lowest BCUT2D eigenvalue weighted by atomic mass is 10.2. The summed E-state index contributed by atoms with van der Waals surface area (Å²) in [6, 6.07) is 4.26. The third kappa shape index (κ3) is 3.51. The number of hydrogen-bond donors (Lipinski definition) is 2. The Morgan fingerprint density at radius 1 is 1.47 bits per heavy atom. The number of hydrogen-bond acceptors (Lipinski definition) is 5. The lowest BCUT2D eigenvalue weighted by Crippen LogP contribution is -2.07. The molecule has 0 fully saturated rings. The molecule has 0 atom stereocenters. The molecule has 100 valence electrons. The van der Waals surface area contributed by atoms with Crippen LogP contribution >= 0.6 is 0 Å². The fraction of sp³-hybridized carbons (Fsp3) is 0.250. The Kier molecular flexibility index (Phi) is 3.74. The fourth-order valence-corrected chi connectivity index (χ4v) is 1.52. The summed E-state index contributed by atoms with van der Waals surface area (Å²) in [6.07, 6.45) is 0. The molecule has 0 saturated heterocycles. The number of aryl methyl sites for hydroxylation is 1. The van der Waals surface area contributed by atoms with Gasteiger partial charge in [-0.3, -0.25) is 4.79 Å².